The summed E-state index contributed by atoms with van der Waals surface area (Å²) in [6, 6.07) is 6.63. The monoisotopic (exact) mass is 307 g/mol. The zero-order valence-electron chi connectivity index (χ0n) is 12.1. The number of rotatable bonds is 7. The van der Waals surface area contributed by atoms with Crippen LogP contribution >= 0.6 is 11.8 Å². The van der Waals surface area contributed by atoms with Gasteiger partial charge in [0.05, 0.1) is 6.04 Å². The standard InChI is InChI=1S/C15H21N3O2S/c1-21-8-7-13(16)15(20)18-12-4-2-3-11(9-12)17-14(19)10-5-6-10/h2-4,9-10,13H,5-8,16H2,1H3,(H,17,19)(H,18,20)/t13-/m0/s1. The normalized spacial score (nSPS) is 15.3. The molecule has 0 radical (unpaired) electrons. The number of carbonyl (C=O) groups is 2. The third-order valence-electron chi connectivity index (χ3n) is 3.32. The molecule has 2 rings (SSSR count). The molecule has 21 heavy (non-hydrogen) atoms. The molecule has 1 aromatic carbocycles. The first-order valence-corrected chi connectivity index (χ1v) is 8.46. The van der Waals surface area contributed by atoms with Gasteiger partial charge in [-0.3, -0.25) is 9.59 Å². The maximum atomic E-state index is 11.9. The van der Waals surface area contributed by atoms with Crippen LogP contribution in [-0.4, -0.2) is 29.9 Å². The lowest BCUT2D eigenvalue weighted by Crippen LogP contribution is -2.36. The van der Waals surface area contributed by atoms with Crippen molar-refractivity contribution >= 4 is 35.0 Å². The highest BCUT2D eigenvalue weighted by Gasteiger charge is 2.29. The van der Waals surface area contributed by atoms with Gasteiger partial charge in [0.25, 0.3) is 0 Å². The van der Waals surface area contributed by atoms with Crippen molar-refractivity contribution in [2.24, 2.45) is 11.7 Å². The topological polar surface area (TPSA) is 84.2 Å². The first kappa shape index (κ1) is 15.9. The second-order valence-corrected chi connectivity index (χ2v) is 6.21. The highest BCUT2D eigenvalue weighted by Crippen LogP contribution is 2.30. The molecule has 0 aliphatic heterocycles. The summed E-state index contributed by atoms with van der Waals surface area (Å²) in [4.78, 5) is 23.7. The van der Waals surface area contributed by atoms with Crippen molar-refractivity contribution in [1.82, 2.24) is 0 Å². The number of nitrogens with one attached hydrogen (secondary N) is 2. The SMILES string of the molecule is CSCC[C@H](N)C(=O)Nc1cccc(NC(=O)C2CC2)c1. The van der Waals surface area contributed by atoms with Crippen LogP contribution in [0.15, 0.2) is 24.3 Å². The average molecular weight is 307 g/mol. The molecule has 5 nitrogen and oxygen atoms in total. The van der Waals surface area contributed by atoms with Crippen molar-refractivity contribution in [2.75, 3.05) is 22.6 Å². The zero-order chi connectivity index (χ0) is 15.2. The van der Waals surface area contributed by atoms with Crippen LogP contribution in [0.4, 0.5) is 11.4 Å². The fourth-order valence-electron chi connectivity index (χ4n) is 1.88. The lowest BCUT2D eigenvalue weighted by atomic mass is 10.2. The van der Waals surface area contributed by atoms with E-state index in [-0.39, 0.29) is 17.7 Å². The Kier molecular flexibility index (Phi) is 5.64. The highest BCUT2D eigenvalue weighted by atomic mass is 32.2. The van der Waals surface area contributed by atoms with Gasteiger partial charge >= 0.3 is 0 Å². The summed E-state index contributed by atoms with van der Waals surface area (Å²) in [6.45, 7) is 0. The van der Waals surface area contributed by atoms with Gasteiger partial charge in [0, 0.05) is 17.3 Å². The fourth-order valence-corrected chi connectivity index (χ4v) is 2.37. The van der Waals surface area contributed by atoms with Gasteiger partial charge in [0.15, 0.2) is 0 Å². The van der Waals surface area contributed by atoms with E-state index in [9.17, 15) is 9.59 Å². The minimum absolute atomic E-state index is 0.0511. The number of hydrogen-bond acceptors (Lipinski definition) is 4. The summed E-state index contributed by atoms with van der Waals surface area (Å²) < 4.78 is 0. The van der Waals surface area contributed by atoms with E-state index in [2.05, 4.69) is 10.6 Å². The van der Waals surface area contributed by atoms with E-state index in [0.29, 0.717) is 17.8 Å². The van der Waals surface area contributed by atoms with Gasteiger partial charge in [-0.2, -0.15) is 11.8 Å². The maximum absolute atomic E-state index is 11.9. The van der Waals surface area contributed by atoms with Crippen LogP contribution in [0.1, 0.15) is 19.3 Å². The van der Waals surface area contributed by atoms with E-state index >= 15 is 0 Å². The molecule has 0 heterocycles. The lowest BCUT2D eigenvalue weighted by molar-refractivity contribution is -0.118. The van der Waals surface area contributed by atoms with E-state index in [1.54, 1.807) is 30.0 Å². The maximum Gasteiger partial charge on any atom is 0.241 e. The number of hydrogen-bond donors (Lipinski definition) is 3. The summed E-state index contributed by atoms with van der Waals surface area (Å²) in [5, 5.41) is 5.64. The molecule has 4 N–H and O–H groups in total. The van der Waals surface area contributed by atoms with Crippen molar-refractivity contribution in [1.29, 1.82) is 0 Å². The Labute approximate surface area is 129 Å². The molecular formula is C15H21N3O2S. The van der Waals surface area contributed by atoms with Gasteiger partial charge in [-0.25, -0.2) is 0 Å². The van der Waals surface area contributed by atoms with Crippen molar-refractivity contribution in [3.05, 3.63) is 24.3 Å². The average Bonchev–Trinajstić information content (AvgIpc) is 3.29. The second-order valence-electron chi connectivity index (χ2n) is 5.22. The van der Waals surface area contributed by atoms with Gasteiger partial charge in [0.1, 0.15) is 0 Å². The summed E-state index contributed by atoms with van der Waals surface area (Å²) in [5.74, 6) is 0.861. The molecule has 0 bridgehead atoms. The van der Waals surface area contributed by atoms with Gasteiger partial charge < -0.3 is 16.4 Å². The van der Waals surface area contributed by atoms with Crippen molar-refractivity contribution in [3.8, 4) is 0 Å². The molecule has 0 spiro atoms. The van der Waals surface area contributed by atoms with E-state index < -0.39 is 6.04 Å². The molecule has 2 amide bonds. The Bertz CT molecular complexity index is 517. The van der Waals surface area contributed by atoms with Gasteiger partial charge in [0.2, 0.25) is 11.8 Å². The Balaban J connectivity index is 1.90. The Hall–Kier alpha value is -1.53. The minimum atomic E-state index is -0.512. The van der Waals surface area contributed by atoms with Crippen LogP contribution in [0.2, 0.25) is 0 Å². The fraction of sp³-hybridized carbons (Fsp3) is 0.467. The summed E-state index contributed by atoms with van der Waals surface area (Å²) in [7, 11) is 0. The number of nitrogens with two attached hydrogens (primary N) is 1. The van der Waals surface area contributed by atoms with Gasteiger partial charge in [-0.15, -0.1) is 0 Å². The van der Waals surface area contributed by atoms with E-state index in [1.807, 2.05) is 12.3 Å². The smallest absolute Gasteiger partial charge is 0.241 e. The lowest BCUT2D eigenvalue weighted by Gasteiger charge is -2.12. The van der Waals surface area contributed by atoms with Crippen LogP contribution < -0.4 is 16.4 Å². The van der Waals surface area contributed by atoms with Crippen LogP contribution in [0.25, 0.3) is 0 Å². The molecule has 1 fully saturated rings. The molecule has 0 unspecified atom stereocenters. The predicted molar refractivity (Wildman–Crippen MR) is 87.4 cm³/mol. The van der Waals surface area contributed by atoms with Gasteiger partial charge in [-0.05, 0) is 49.5 Å². The third-order valence-corrected chi connectivity index (χ3v) is 3.96. The van der Waals surface area contributed by atoms with Crippen LogP contribution in [0, 0.1) is 5.92 Å². The molecule has 1 atom stereocenters. The summed E-state index contributed by atoms with van der Waals surface area (Å²) in [5.41, 5.74) is 7.17. The predicted octanol–water partition coefficient (Wildman–Crippen LogP) is 2.05. The van der Waals surface area contributed by atoms with Gasteiger partial charge in [-0.1, -0.05) is 6.07 Å². The number of benzene rings is 1. The third kappa shape index (κ3) is 5.06. The number of carbonyl (C=O) groups excluding carboxylic acids is 2. The Morgan fingerprint density at radius 1 is 1.33 bits per heavy atom. The van der Waals surface area contributed by atoms with Crippen molar-refractivity contribution < 1.29 is 9.59 Å². The molecule has 1 aliphatic carbocycles. The molecule has 0 saturated heterocycles. The second kappa shape index (κ2) is 7.47. The molecular weight excluding hydrogens is 286 g/mol. The molecule has 0 aromatic heterocycles. The highest BCUT2D eigenvalue weighted by molar-refractivity contribution is 7.98. The number of amides is 2. The summed E-state index contributed by atoms with van der Waals surface area (Å²) in [6.07, 6.45) is 4.56. The molecule has 1 aliphatic rings. The van der Waals surface area contributed by atoms with E-state index in [4.69, 9.17) is 5.73 Å². The van der Waals surface area contributed by atoms with Crippen LogP contribution in [0.3, 0.4) is 0 Å². The summed E-state index contributed by atoms with van der Waals surface area (Å²) >= 11 is 1.66. The molecule has 6 heteroatoms. The quantitative estimate of drug-likeness (QED) is 0.720. The van der Waals surface area contributed by atoms with Crippen molar-refractivity contribution in [2.45, 2.75) is 25.3 Å². The number of anilines is 2. The largest absolute Gasteiger partial charge is 0.326 e. The minimum Gasteiger partial charge on any atom is -0.326 e. The Morgan fingerprint density at radius 3 is 2.62 bits per heavy atom. The van der Waals surface area contributed by atoms with Crippen LogP contribution in [-0.2, 0) is 9.59 Å². The molecule has 1 aromatic rings. The molecule has 114 valence electrons. The van der Waals surface area contributed by atoms with Crippen molar-refractivity contribution in [3.63, 3.8) is 0 Å². The van der Waals surface area contributed by atoms with Crippen LogP contribution in [0.5, 0.6) is 0 Å². The number of thioether (sulfide) groups is 1. The first-order chi connectivity index (χ1) is 10.1. The Morgan fingerprint density at radius 2 is 2.00 bits per heavy atom. The first-order valence-electron chi connectivity index (χ1n) is 7.06. The molecule has 1 saturated carbocycles. The van der Waals surface area contributed by atoms with E-state index in [1.165, 1.54) is 0 Å². The van der Waals surface area contributed by atoms with E-state index in [0.717, 1.165) is 18.6 Å². The zero-order valence-corrected chi connectivity index (χ0v) is 12.9.